The summed E-state index contributed by atoms with van der Waals surface area (Å²) in [7, 11) is 0. The fourth-order valence-electron chi connectivity index (χ4n) is 1.58. The Hall–Kier alpha value is -0.910. The van der Waals surface area contributed by atoms with Crippen molar-refractivity contribution in [2.75, 3.05) is 0 Å². The van der Waals surface area contributed by atoms with Crippen molar-refractivity contribution in [1.82, 2.24) is 0 Å². The molecule has 0 spiro atoms. The molecule has 0 fully saturated rings. The van der Waals surface area contributed by atoms with Gasteiger partial charge in [-0.1, -0.05) is 6.92 Å². The van der Waals surface area contributed by atoms with Crippen LogP contribution < -0.4 is 0 Å². The van der Waals surface area contributed by atoms with Crippen LogP contribution in [0.4, 0.5) is 57.1 Å². The van der Waals surface area contributed by atoms with Crippen LogP contribution in [0.1, 0.15) is 39.0 Å². The molecular formula is C12H13F13. The standard InChI is InChI=1S/C12H13F13/c1-2-7(13,14)8(15,16)3-4-9(17,18)10(19,20)5-6-11(21,22)12(23,24)25/h2-6H2,1H3. The fraction of sp³-hybridized carbons (Fsp3) is 1.00. The van der Waals surface area contributed by atoms with E-state index in [1.165, 1.54) is 0 Å². The van der Waals surface area contributed by atoms with Crippen LogP contribution in [-0.2, 0) is 0 Å². The number of halogens is 13. The van der Waals surface area contributed by atoms with E-state index < -0.39 is 67.9 Å². The Bertz CT molecular complexity index is 435. The number of alkyl halides is 13. The number of hydrogen-bond acceptors (Lipinski definition) is 0. The monoisotopic (exact) mass is 404 g/mol. The van der Waals surface area contributed by atoms with Crippen molar-refractivity contribution in [3.8, 4) is 0 Å². The van der Waals surface area contributed by atoms with E-state index in [1.54, 1.807) is 0 Å². The molecule has 0 aromatic heterocycles. The van der Waals surface area contributed by atoms with Crippen LogP contribution in [0.5, 0.6) is 0 Å². The third-order valence-corrected chi connectivity index (χ3v) is 3.43. The van der Waals surface area contributed by atoms with Gasteiger partial charge in [0.25, 0.3) is 0 Å². The molecular weight excluding hydrogens is 391 g/mol. The van der Waals surface area contributed by atoms with Crippen LogP contribution in [0.2, 0.25) is 0 Å². The van der Waals surface area contributed by atoms with Crippen molar-refractivity contribution in [1.29, 1.82) is 0 Å². The van der Waals surface area contributed by atoms with Crippen molar-refractivity contribution in [2.24, 2.45) is 0 Å². The van der Waals surface area contributed by atoms with E-state index in [1.807, 2.05) is 0 Å². The van der Waals surface area contributed by atoms with Crippen LogP contribution in [0, 0.1) is 0 Å². The molecule has 0 aromatic rings. The minimum atomic E-state index is -6.27. The average Bonchev–Trinajstić information content (AvgIpc) is 2.42. The molecule has 0 nitrogen and oxygen atoms in total. The minimum absolute atomic E-state index is 0.583. The summed E-state index contributed by atoms with van der Waals surface area (Å²) in [5.74, 6) is -26.6. The second-order valence-corrected chi connectivity index (χ2v) is 5.37. The molecule has 0 aromatic carbocycles. The Morgan fingerprint density at radius 2 is 0.640 bits per heavy atom. The summed E-state index contributed by atoms with van der Waals surface area (Å²) in [6, 6.07) is 0. The van der Waals surface area contributed by atoms with E-state index >= 15 is 0 Å². The number of hydrogen-bond donors (Lipinski definition) is 0. The molecule has 0 aliphatic carbocycles. The Morgan fingerprint density at radius 3 is 0.880 bits per heavy atom. The van der Waals surface area contributed by atoms with Gasteiger partial charge in [-0.25, -0.2) is 0 Å². The second-order valence-electron chi connectivity index (χ2n) is 5.37. The van der Waals surface area contributed by atoms with E-state index in [2.05, 4.69) is 0 Å². The van der Waals surface area contributed by atoms with Gasteiger partial charge < -0.3 is 0 Å². The first kappa shape index (κ1) is 24.1. The first-order valence-electron chi connectivity index (χ1n) is 6.68. The van der Waals surface area contributed by atoms with Crippen LogP contribution in [0.3, 0.4) is 0 Å². The fourth-order valence-corrected chi connectivity index (χ4v) is 1.58. The maximum absolute atomic E-state index is 13.2. The minimum Gasteiger partial charge on any atom is -0.200 e. The third kappa shape index (κ3) is 5.53. The SMILES string of the molecule is CCC(F)(F)C(F)(F)CCC(F)(F)C(F)(F)CCC(F)(F)C(F)(F)F. The largest absolute Gasteiger partial charge is 0.453 e. The highest BCUT2D eigenvalue weighted by atomic mass is 19.4. The molecule has 0 atom stereocenters. The Morgan fingerprint density at radius 1 is 0.400 bits per heavy atom. The highest BCUT2D eigenvalue weighted by Crippen LogP contribution is 2.48. The van der Waals surface area contributed by atoms with E-state index in [-0.39, 0.29) is 0 Å². The molecule has 0 radical (unpaired) electrons. The molecule has 13 heteroatoms. The van der Waals surface area contributed by atoms with E-state index in [0.29, 0.717) is 6.92 Å². The summed E-state index contributed by atoms with van der Waals surface area (Å²) in [5, 5.41) is 0. The zero-order valence-electron chi connectivity index (χ0n) is 12.4. The molecule has 0 rings (SSSR count). The molecule has 25 heavy (non-hydrogen) atoms. The molecule has 0 saturated carbocycles. The smallest absolute Gasteiger partial charge is 0.200 e. The van der Waals surface area contributed by atoms with Crippen molar-refractivity contribution >= 4 is 0 Å². The maximum atomic E-state index is 13.2. The van der Waals surface area contributed by atoms with Crippen LogP contribution in [-0.4, -0.2) is 35.8 Å². The Balaban J connectivity index is 5.06. The van der Waals surface area contributed by atoms with Gasteiger partial charge in [0, 0.05) is 32.1 Å². The van der Waals surface area contributed by atoms with Gasteiger partial charge in [-0.3, -0.25) is 0 Å². The van der Waals surface area contributed by atoms with E-state index in [9.17, 15) is 57.1 Å². The topological polar surface area (TPSA) is 0 Å². The van der Waals surface area contributed by atoms with Gasteiger partial charge >= 0.3 is 35.8 Å². The first-order valence-corrected chi connectivity index (χ1v) is 6.68. The quantitative estimate of drug-likeness (QED) is 0.376. The van der Waals surface area contributed by atoms with Gasteiger partial charge in [0.15, 0.2) is 0 Å². The van der Waals surface area contributed by atoms with E-state index in [4.69, 9.17) is 0 Å². The first-order chi connectivity index (χ1) is 10.7. The summed E-state index contributed by atoms with van der Waals surface area (Å²) < 4.78 is 165. The lowest BCUT2D eigenvalue weighted by Crippen LogP contribution is -2.46. The van der Waals surface area contributed by atoms with Crippen LogP contribution in [0.25, 0.3) is 0 Å². The molecule has 0 heterocycles. The molecule has 152 valence electrons. The zero-order chi connectivity index (χ0) is 20.5. The lowest BCUT2D eigenvalue weighted by Gasteiger charge is -2.31. The molecule has 0 aliphatic heterocycles. The van der Waals surface area contributed by atoms with Gasteiger partial charge in [0.2, 0.25) is 0 Å². The van der Waals surface area contributed by atoms with Crippen molar-refractivity contribution in [2.45, 2.75) is 74.8 Å². The molecule has 0 N–H and O–H groups in total. The lowest BCUT2D eigenvalue weighted by atomic mass is 9.95. The van der Waals surface area contributed by atoms with Crippen molar-refractivity contribution in [3.05, 3.63) is 0 Å². The molecule has 0 bridgehead atoms. The normalized spacial score (nSPS) is 15.6. The average molecular weight is 404 g/mol. The van der Waals surface area contributed by atoms with Crippen molar-refractivity contribution in [3.63, 3.8) is 0 Å². The summed E-state index contributed by atoms with van der Waals surface area (Å²) in [5.41, 5.74) is 0. The van der Waals surface area contributed by atoms with Crippen molar-refractivity contribution < 1.29 is 57.1 Å². The summed E-state index contributed by atoms with van der Waals surface area (Å²) >= 11 is 0. The van der Waals surface area contributed by atoms with Gasteiger partial charge in [-0.05, 0) is 0 Å². The van der Waals surface area contributed by atoms with Crippen LogP contribution >= 0.6 is 0 Å². The van der Waals surface area contributed by atoms with E-state index in [0.717, 1.165) is 0 Å². The van der Waals surface area contributed by atoms with Gasteiger partial charge in [0.1, 0.15) is 0 Å². The van der Waals surface area contributed by atoms with Gasteiger partial charge in [-0.2, -0.15) is 57.1 Å². The van der Waals surface area contributed by atoms with Gasteiger partial charge in [-0.15, -0.1) is 0 Å². The summed E-state index contributed by atoms with van der Waals surface area (Å²) in [6.07, 6.45) is -18.1. The summed E-state index contributed by atoms with van der Waals surface area (Å²) in [6.45, 7) is 0.583. The Labute approximate surface area is 133 Å². The van der Waals surface area contributed by atoms with Crippen LogP contribution in [0.15, 0.2) is 0 Å². The highest BCUT2D eigenvalue weighted by Gasteiger charge is 2.63. The Kier molecular flexibility index (Phi) is 6.76. The second kappa shape index (κ2) is 7.01. The molecule has 0 unspecified atom stereocenters. The molecule has 0 aliphatic rings. The summed E-state index contributed by atoms with van der Waals surface area (Å²) in [4.78, 5) is 0. The predicted molar refractivity (Wildman–Crippen MR) is 59.5 cm³/mol. The molecule has 0 amide bonds. The molecule has 0 saturated heterocycles. The van der Waals surface area contributed by atoms with Gasteiger partial charge in [0.05, 0.1) is 0 Å². The maximum Gasteiger partial charge on any atom is 0.453 e. The third-order valence-electron chi connectivity index (χ3n) is 3.43. The lowest BCUT2D eigenvalue weighted by molar-refractivity contribution is -0.295. The predicted octanol–water partition coefficient (Wildman–Crippen LogP) is 6.70. The zero-order valence-corrected chi connectivity index (χ0v) is 12.4. The highest BCUT2D eigenvalue weighted by molar-refractivity contribution is 4.91. The number of rotatable bonds is 9.